The summed E-state index contributed by atoms with van der Waals surface area (Å²) in [7, 11) is 0.584. The largest absolute Gasteiger partial charge is 0.543 e. The molecule has 1 spiro atoms. The molecule has 1 N–H and O–H groups in total. The van der Waals surface area contributed by atoms with Gasteiger partial charge in [0.25, 0.3) is 10.0 Å². The van der Waals surface area contributed by atoms with Gasteiger partial charge in [-0.3, -0.25) is 9.10 Å². The number of carbonyl (C=O) groups is 2. The zero-order valence-electron chi connectivity index (χ0n) is 24.0. The third-order valence-electron chi connectivity index (χ3n) is 10.7. The van der Waals surface area contributed by atoms with E-state index in [1.165, 1.54) is 21.7 Å². The number of quaternary nitrogens is 2. The Morgan fingerprint density at radius 2 is 1.76 bits per heavy atom. The first-order valence-corrected chi connectivity index (χ1v) is 15.9. The highest BCUT2D eigenvalue weighted by molar-refractivity contribution is 7.93. The SMILES string of the molecule is C[C@@H](O)[C@H]1C(=O)N2C(C(=O)[O-])=C(CN3c4ccc5c6c(ccc(c46)S3(=O)=O)CC[N+]3(CC[N+](C)(C)CC3)C5)[C@H](C)[C@H]12. The number of hydrogen-bond donors (Lipinski definition) is 1. The van der Waals surface area contributed by atoms with Crippen LogP contribution in [0.15, 0.2) is 40.4 Å². The van der Waals surface area contributed by atoms with Crippen LogP contribution in [0.3, 0.4) is 0 Å². The molecule has 2 aromatic carbocycles. The summed E-state index contributed by atoms with van der Waals surface area (Å²) in [4.78, 5) is 26.5. The smallest absolute Gasteiger partial charge is 0.265 e. The average Bonchev–Trinajstić information content (AvgIpc) is 3.19. The molecule has 7 rings (SSSR count). The van der Waals surface area contributed by atoms with Gasteiger partial charge in [0.1, 0.15) is 32.7 Å². The lowest BCUT2D eigenvalue weighted by Crippen LogP contribution is -2.64. The predicted octanol–water partition coefficient (Wildman–Crippen LogP) is 0.173. The van der Waals surface area contributed by atoms with Gasteiger partial charge >= 0.3 is 0 Å². The molecule has 1 amide bonds. The molecule has 5 aliphatic rings. The van der Waals surface area contributed by atoms with Crippen molar-refractivity contribution in [1.29, 1.82) is 0 Å². The van der Waals surface area contributed by atoms with Gasteiger partial charge in [-0.1, -0.05) is 19.1 Å². The molecule has 218 valence electrons. The maximum Gasteiger partial charge on any atom is 0.265 e. The summed E-state index contributed by atoms with van der Waals surface area (Å²) in [5.74, 6) is -3.15. The van der Waals surface area contributed by atoms with Gasteiger partial charge in [0.05, 0.1) is 67.5 Å². The lowest BCUT2D eigenvalue weighted by Gasteiger charge is -2.47. The van der Waals surface area contributed by atoms with Crippen LogP contribution in [0.2, 0.25) is 0 Å². The average molecular weight is 582 g/mol. The van der Waals surface area contributed by atoms with Crippen LogP contribution in [0.5, 0.6) is 0 Å². The van der Waals surface area contributed by atoms with Crippen molar-refractivity contribution in [3.05, 3.63) is 46.7 Å². The zero-order chi connectivity index (χ0) is 29.2. The van der Waals surface area contributed by atoms with Crippen LogP contribution in [0, 0.1) is 11.8 Å². The molecule has 0 unspecified atom stereocenters. The minimum atomic E-state index is -3.97. The molecular weight excluding hydrogens is 544 g/mol. The fourth-order valence-electron chi connectivity index (χ4n) is 8.14. The van der Waals surface area contributed by atoms with E-state index in [0.29, 0.717) is 11.3 Å². The number of piperazine rings is 1. The fourth-order valence-corrected chi connectivity index (χ4v) is 9.80. The van der Waals surface area contributed by atoms with E-state index in [4.69, 9.17) is 0 Å². The number of carbonyl (C=O) groups excluding carboxylic acids is 2. The topological polar surface area (TPSA) is 118 Å². The summed E-state index contributed by atoms with van der Waals surface area (Å²) >= 11 is 0. The lowest BCUT2D eigenvalue weighted by molar-refractivity contribution is -1.02. The van der Waals surface area contributed by atoms with Gasteiger partial charge in [-0.15, -0.1) is 0 Å². The fraction of sp³-hybridized carbons (Fsp3) is 0.533. The molecule has 0 radical (unpaired) electrons. The van der Waals surface area contributed by atoms with E-state index in [2.05, 4.69) is 20.2 Å². The number of aliphatic hydroxyl groups is 1. The standard InChI is InChI=1S/C30H37N4O6S/c1-17-21(28(30(37)38)32-27(17)24(18(2)35)29(32)36)15-31-22-7-5-20-16-34(13-11-33(3,4)12-14-34)10-9-19-6-8-23(41(31,39)40)26(22)25(19)20/h5-8,17-18,24,27,35H,9-16H2,1-4H3/q+1/t17-,18+,24+,27+/m0/s1. The van der Waals surface area contributed by atoms with Crippen LogP contribution in [0.1, 0.15) is 25.0 Å². The number of β-lactam (4-membered cyclic amide) rings is 1. The summed E-state index contributed by atoms with van der Waals surface area (Å²) in [6.45, 7) is 9.39. The number of carboxylic acid groups (broad SMARTS) is 1. The number of sulfonamides is 1. The molecule has 0 aromatic heterocycles. The van der Waals surface area contributed by atoms with E-state index >= 15 is 0 Å². The normalized spacial score (nSPS) is 29.5. The number of aliphatic hydroxyl groups excluding tert-OH is 1. The summed E-state index contributed by atoms with van der Waals surface area (Å²) in [6, 6.07) is 7.07. The minimum Gasteiger partial charge on any atom is -0.543 e. The van der Waals surface area contributed by atoms with Crippen molar-refractivity contribution in [1.82, 2.24) is 4.90 Å². The van der Waals surface area contributed by atoms with E-state index in [9.17, 15) is 28.2 Å². The van der Waals surface area contributed by atoms with Crippen LogP contribution in [-0.2, 0) is 32.6 Å². The summed E-state index contributed by atoms with van der Waals surface area (Å²) in [6.07, 6.45) is -0.0683. The number of carboxylic acids is 1. The second-order valence-electron chi connectivity index (χ2n) is 13.4. The van der Waals surface area contributed by atoms with E-state index in [1.807, 2.05) is 12.1 Å². The van der Waals surface area contributed by atoms with Crippen LogP contribution >= 0.6 is 0 Å². The Balaban J connectivity index is 1.31. The molecule has 41 heavy (non-hydrogen) atoms. The third-order valence-corrected chi connectivity index (χ3v) is 12.5. The van der Waals surface area contributed by atoms with Gasteiger partial charge in [0.15, 0.2) is 0 Å². The van der Waals surface area contributed by atoms with Gasteiger partial charge < -0.3 is 28.9 Å². The first-order chi connectivity index (χ1) is 19.3. The second-order valence-corrected chi connectivity index (χ2v) is 15.3. The highest BCUT2D eigenvalue weighted by atomic mass is 32.2. The Bertz CT molecular complexity index is 1670. The molecule has 0 aliphatic carbocycles. The molecule has 2 fully saturated rings. The minimum absolute atomic E-state index is 0.189. The third kappa shape index (κ3) is 3.62. The maximum atomic E-state index is 14.0. The lowest BCUT2D eigenvalue weighted by atomic mass is 9.78. The number of anilines is 1. The number of hydrogen-bond acceptors (Lipinski definition) is 6. The Morgan fingerprint density at radius 1 is 1.07 bits per heavy atom. The van der Waals surface area contributed by atoms with Gasteiger partial charge in [-0.25, -0.2) is 8.42 Å². The van der Waals surface area contributed by atoms with Crippen molar-refractivity contribution in [3.63, 3.8) is 0 Å². The number of amides is 1. The zero-order valence-corrected chi connectivity index (χ0v) is 24.8. The van der Waals surface area contributed by atoms with Crippen LogP contribution in [0.4, 0.5) is 5.69 Å². The number of rotatable bonds is 4. The van der Waals surface area contributed by atoms with Crippen LogP contribution in [0.25, 0.3) is 10.8 Å². The number of likely N-dealkylation sites (N-methyl/N-ethyl adjacent to an activating group) is 1. The molecule has 5 aliphatic heterocycles. The van der Waals surface area contributed by atoms with Crippen molar-refractivity contribution in [2.45, 2.75) is 43.9 Å². The van der Waals surface area contributed by atoms with Crippen molar-refractivity contribution in [2.24, 2.45) is 11.8 Å². The predicted molar refractivity (Wildman–Crippen MR) is 150 cm³/mol. The van der Waals surface area contributed by atoms with E-state index in [0.717, 1.165) is 71.0 Å². The molecular formula is C30H37N4O6S+. The Kier molecular flexibility index (Phi) is 5.59. The number of benzene rings is 2. The van der Waals surface area contributed by atoms with Gasteiger partial charge in [0.2, 0.25) is 5.91 Å². The number of nitrogens with zero attached hydrogens (tertiary/aromatic N) is 4. The van der Waals surface area contributed by atoms with Crippen LogP contribution < -0.4 is 9.41 Å². The Labute approximate surface area is 240 Å². The Morgan fingerprint density at radius 3 is 2.41 bits per heavy atom. The highest BCUT2D eigenvalue weighted by Crippen LogP contribution is 2.50. The van der Waals surface area contributed by atoms with E-state index in [1.54, 1.807) is 13.0 Å². The van der Waals surface area contributed by atoms with Gasteiger partial charge in [0, 0.05) is 23.3 Å². The molecule has 0 bridgehead atoms. The molecule has 11 heteroatoms. The molecule has 2 aromatic rings. The van der Waals surface area contributed by atoms with Gasteiger partial charge in [-0.05, 0) is 35.6 Å². The molecule has 5 heterocycles. The Hall–Kier alpha value is -2.99. The van der Waals surface area contributed by atoms with E-state index < -0.39 is 45.9 Å². The first-order valence-electron chi connectivity index (χ1n) is 14.5. The second kappa shape index (κ2) is 8.53. The van der Waals surface area contributed by atoms with Crippen molar-refractivity contribution >= 4 is 38.4 Å². The van der Waals surface area contributed by atoms with Crippen molar-refractivity contribution in [2.75, 3.05) is 57.7 Å². The van der Waals surface area contributed by atoms with E-state index in [-0.39, 0.29) is 17.1 Å². The summed E-state index contributed by atoms with van der Waals surface area (Å²) in [5, 5.41) is 24.2. The van der Waals surface area contributed by atoms with Gasteiger partial charge in [-0.2, -0.15) is 0 Å². The van der Waals surface area contributed by atoms with Crippen molar-refractivity contribution in [3.8, 4) is 0 Å². The molecule has 2 saturated heterocycles. The highest BCUT2D eigenvalue weighted by Gasteiger charge is 2.59. The maximum absolute atomic E-state index is 14.0. The number of fused-ring (bicyclic) bond motifs is 1. The molecule has 4 atom stereocenters. The van der Waals surface area contributed by atoms with Crippen molar-refractivity contribution < 1.29 is 37.2 Å². The first kappa shape index (κ1) is 26.9. The van der Waals surface area contributed by atoms with Crippen LogP contribution in [-0.4, -0.2) is 105 Å². The summed E-state index contributed by atoms with van der Waals surface area (Å²) < 4.78 is 31.4. The molecule has 10 nitrogen and oxygen atoms in total. The molecule has 0 saturated carbocycles. The quantitative estimate of drug-likeness (QED) is 0.407. The summed E-state index contributed by atoms with van der Waals surface area (Å²) in [5.41, 5.74) is 2.95. The monoisotopic (exact) mass is 581 g/mol. The number of aliphatic carboxylic acids is 1.